The number of benzene rings is 2. The van der Waals surface area contributed by atoms with Gasteiger partial charge in [0.2, 0.25) is 11.7 Å². The van der Waals surface area contributed by atoms with E-state index in [2.05, 4.69) is 26.6 Å². The second kappa shape index (κ2) is 8.43. The van der Waals surface area contributed by atoms with Crippen LogP contribution in [0, 0.1) is 23.1 Å². The third-order valence-electron chi connectivity index (χ3n) is 4.57. The van der Waals surface area contributed by atoms with Gasteiger partial charge in [-0.25, -0.2) is 4.39 Å². The fourth-order valence-corrected chi connectivity index (χ4v) is 3.47. The number of Topliss-reactive ketones (excluding diaryl/α,β-unsaturated/α-hetero) is 1. The van der Waals surface area contributed by atoms with Crippen molar-refractivity contribution >= 4 is 44.8 Å². The van der Waals surface area contributed by atoms with Gasteiger partial charge in [0.1, 0.15) is 5.82 Å². The zero-order valence-corrected chi connectivity index (χ0v) is 16.1. The number of hydrogen-bond acceptors (Lipinski definition) is 3. The summed E-state index contributed by atoms with van der Waals surface area (Å²) in [4.78, 5) is 24.4. The van der Waals surface area contributed by atoms with Crippen LogP contribution in [0.3, 0.4) is 0 Å². The summed E-state index contributed by atoms with van der Waals surface area (Å²) in [5, 5.41) is 13.5. The minimum Gasteiger partial charge on any atom is -0.338 e. The van der Waals surface area contributed by atoms with Gasteiger partial charge in [0, 0.05) is 23.7 Å². The maximum Gasteiger partial charge on any atom is 0.224 e. The third-order valence-corrected chi connectivity index (χ3v) is 5.18. The molecule has 0 atom stereocenters. The molecule has 0 aromatic heterocycles. The molecule has 0 heterocycles. The van der Waals surface area contributed by atoms with Gasteiger partial charge in [-0.1, -0.05) is 18.2 Å². The first-order valence-corrected chi connectivity index (χ1v) is 9.41. The molecule has 1 aliphatic carbocycles. The smallest absolute Gasteiger partial charge is 0.224 e. The van der Waals surface area contributed by atoms with E-state index in [0.717, 1.165) is 5.69 Å². The Bertz CT molecular complexity index is 867. The van der Waals surface area contributed by atoms with Crippen molar-refractivity contribution in [2.45, 2.75) is 19.3 Å². The molecule has 2 aromatic carbocycles. The Morgan fingerprint density at radius 2 is 1.78 bits per heavy atom. The summed E-state index contributed by atoms with van der Waals surface area (Å²) >= 11 is 3.07. The monoisotopic (exact) mass is 431 g/mol. The molecule has 7 heteroatoms. The van der Waals surface area contributed by atoms with E-state index in [1.165, 1.54) is 18.2 Å². The van der Waals surface area contributed by atoms with Crippen LogP contribution in [0.4, 0.5) is 15.8 Å². The number of anilines is 2. The Morgan fingerprint density at radius 1 is 1.07 bits per heavy atom. The van der Waals surface area contributed by atoms with Crippen molar-refractivity contribution in [3.63, 3.8) is 0 Å². The standard InChI is InChI=1S/C20H19BrFN3O2/c21-16-11-15(6-7-17(16)22)25-20(23)19(27)13-8-12(9-13)10-18(26)24-14-4-2-1-3-5-14/h1-7,11-13H,8-10H2,(H2,23,25)(H,24,26). The predicted octanol–water partition coefficient (Wildman–Crippen LogP) is 4.60. The van der Waals surface area contributed by atoms with Gasteiger partial charge >= 0.3 is 0 Å². The maximum atomic E-state index is 13.2. The summed E-state index contributed by atoms with van der Waals surface area (Å²) in [6, 6.07) is 13.4. The van der Waals surface area contributed by atoms with Crippen LogP contribution in [0.5, 0.6) is 0 Å². The lowest BCUT2D eigenvalue weighted by Gasteiger charge is -2.33. The van der Waals surface area contributed by atoms with Crippen molar-refractivity contribution in [2.75, 3.05) is 10.6 Å². The Kier molecular flexibility index (Phi) is 6.01. The maximum absolute atomic E-state index is 13.2. The van der Waals surface area contributed by atoms with Gasteiger partial charge in [-0.2, -0.15) is 0 Å². The molecular formula is C20H19BrFN3O2. The van der Waals surface area contributed by atoms with Gasteiger partial charge < -0.3 is 10.6 Å². The molecule has 1 saturated carbocycles. The van der Waals surface area contributed by atoms with Crippen molar-refractivity contribution in [3.8, 4) is 0 Å². The van der Waals surface area contributed by atoms with E-state index in [-0.39, 0.29) is 33.8 Å². The summed E-state index contributed by atoms with van der Waals surface area (Å²) in [5.74, 6) is -1.07. The van der Waals surface area contributed by atoms with Crippen LogP contribution in [0.15, 0.2) is 53.0 Å². The van der Waals surface area contributed by atoms with Crippen LogP contribution in [0.1, 0.15) is 19.3 Å². The molecule has 1 aliphatic rings. The van der Waals surface area contributed by atoms with E-state index < -0.39 is 5.82 Å². The molecule has 27 heavy (non-hydrogen) atoms. The highest BCUT2D eigenvalue weighted by atomic mass is 79.9. The van der Waals surface area contributed by atoms with Gasteiger partial charge in [0.15, 0.2) is 5.84 Å². The molecule has 3 N–H and O–H groups in total. The lowest BCUT2D eigenvalue weighted by atomic mass is 9.71. The average Bonchev–Trinajstić information content (AvgIpc) is 2.61. The molecule has 140 valence electrons. The number of carbonyl (C=O) groups is 2. The lowest BCUT2D eigenvalue weighted by molar-refractivity contribution is -0.123. The normalized spacial score (nSPS) is 18.3. The summed E-state index contributed by atoms with van der Waals surface area (Å²) in [6.45, 7) is 0. The highest BCUT2D eigenvalue weighted by Gasteiger charge is 2.37. The number of amides is 1. The van der Waals surface area contributed by atoms with Crippen LogP contribution in [-0.4, -0.2) is 17.5 Å². The fraction of sp³-hybridized carbons (Fsp3) is 0.250. The zero-order valence-electron chi connectivity index (χ0n) is 14.5. The second-order valence-electron chi connectivity index (χ2n) is 6.65. The van der Waals surface area contributed by atoms with Gasteiger partial charge in [0.25, 0.3) is 0 Å². The molecule has 2 aromatic rings. The number of carbonyl (C=O) groups excluding carboxylic acids is 2. The van der Waals surface area contributed by atoms with Crippen molar-refractivity contribution in [2.24, 2.45) is 11.8 Å². The van der Waals surface area contributed by atoms with Gasteiger partial charge in [-0.3, -0.25) is 15.0 Å². The topological polar surface area (TPSA) is 82.1 Å². The quantitative estimate of drug-likeness (QED) is 0.461. The number of hydrogen-bond donors (Lipinski definition) is 3. The third kappa shape index (κ3) is 5.01. The van der Waals surface area contributed by atoms with Crippen LogP contribution in [0.2, 0.25) is 0 Å². The van der Waals surface area contributed by atoms with E-state index in [1.807, 2.05) is 30.3 Å². The number of halogens is 2. The zero-order chi connectivity index (χ0) is 19.4. The first kappa shape index (κ1) is 19.2. The molecule has 0 unspecified atom stereocenters. The first-order chi connectivity index (χ1) is 12.9. The molecule has 1 fully saturated rings. The minimum absolute atomic E-state index is 0.0681. The van der Waals surface area contributed by atoms with Gasteiger partial charge in [-0.15, -0.1) is 0 Å². The fourth-order valence-electron chi connectivity index (χ4n) is 3.10. The van der Waals surface area contributed by atoms with E-state index >= 15 is 0 Å². The van der Waals surface area contributed by atoms with Gasteiger partial charge in [0.05, 0.1) is 4.47 Å². The number of amidine groups is 1. The predicted molar refractivity (Wildman–Crippen MR) is 106 cm³/mol. The molecule has 3 rings (SSSR count). The van der Waals surface area contributed by atoms with Crippen LogP contribution in [0.25, 0.3) is 0 Å². The van der Waals surface area contributed by atoms with Crippen molar-refractivity contribution in [1.29, 1.82) is 5.41 Å². The summed E-state index contributed by atoms with van der Waals surface area (Å²) in [5.41, 5.74) is 1.23. The Morgan fingerprint density at radius 3 is 2.44 bits per heavy atom. The molecule has 0 spiro atoms. The van der Waals surface area contributed by atoms with Crippen molar-refractivity contribution < 1.29 is 14.0 Å². The summed E-state index contributed by atoms with van der Waals surface area (Å²) in [7, 11) is 0. The van der Waals surface area contributed by atoms with Crippen molar-refractivity contribution in [1.82, 2.24) is 0 Å². The van der Waals surface area contributed by atoms with E-state index in [0.29, 0.717) is 24.9 Å². The summed E-state index contributed by atoms with van der Waals surface area (Å²) in [6.07, 6.45) is 1.56. The molecular weight excluding hydrogens is 413 g/mol. The largest absolute Gasteiger partial charge is 0.338 e. The molecule has 0 bridgehead atoms. The average molecular weight is 432 g/mol. The number of nitrogens with one attached hydrogen (secondary N) is 3. The molecule has 0 radical (unpaired) electrons. The summed E-state index contributed by atoms with van der Waals surface area (Å²) < 4.78 is 13.5. The molecule has 0 saturated heterocycles. The Balaban J connectivity index is 1.44. The molecule has 5 nitrogen and oxygen atoms in total. The van der Waals surface area contributed by atoms with E-state index in [4.69, 9.17) is 5.41 Å². The van der Waals surface area contributed by atoms with Gasteiger partial charge in [-0.05, 0) is 65.0 Å². The molecule has 1 amide bonds. The minimum atomic E-state index is -0.408. The Hall–Kier alpha value is -2.54. The SMILES string of the molecule is N=C(Nc1ccc(F)c(Br)c1)C(=O)C1CC(CC(=O)Nc2ccccc2)C1. The van der Waals surface area contributed by atoms with Crippen molar-refractivity contribution in [3.05, 3.63) is 58.8 Å². The first-order valence-electron chi connectivity index (χ1n) is 8.62. The van der Waals surface area contributed by atoms with Crippen LogP contribution < -0.4 is 10.6 Å². The number of rotatable bonds is 6. The van der Waals surface area contributed by atoms with E-state index in [1.54, 1.807) is 0 Å². The lowest BCUT2D eigenvalue weighted by Crippen LogP contribution is -2.38. The van der Waals surface area contributed by atoms with E-state index in [9.17, 15) is 14.0 Å². The highest BCUT2D eigenvalue weighted by Crippen LogP contribution is 2.37. The highest BCUT2D eigenvalue weighted by molar-refractivity contribution is 9.10. The van der Waals surface area contributed by atoms with Crippen LogP contribution >= 0.6 is 15.9 Å². The second-order valence-corrected chi connectivity index (χ2v) is 7.50. The Labute approximate surface area is 165 Å². The number of ketones is 1. The molecule has 0 aliphatic heterocycles. The number of para-hydroxylation sites is 1. The van der Waals surface area contributed by atoms with Crippen LogP contribution in [-0.2, 0) is 9.59 Å².